The molecule has 1 unspecified atom stereocenters. The Kier molecular flexibility index (Phi) is 7.02. The molecule has 282 valence electrons. The molecule has 0 bridgehead atoms. The van der Waals surface area contributed by atoms with Gasteiger partial charge in [0.15, 0.2) is 22.8 Å². The monoisotopic (exact) mass is 777 g/mol. The number of rotatable bonds is 4. The number of imidazole rings is 1. The molecule has 0 saturated carbocycles. The summed E-state index contributed by atoms with van der Waals surface area (Å²) in [5.74, 6) is 1.11. The van der Waals surface area contributed by atoms with E-state index >= 15 is 0 Å². The fourth-order valence-corrected chi connectivity index (χ4v) is 12.3. The van der Waals surface area contributed by atoms with E-state index in [0.29, 0.717) is 0 Å². The lowest BCUT2D eigenvalue weighted by molar-refractivity contribution is -0.944. The minimum atomic E-state index is -1.79. The first kappa shape index (κ1) is 34.2. The molecule has 0 fully saturated rings. The lowest BCUT2D eigenvalue weighted by Gasteiger charge is -2.23. The molecule has 0 aliphatic carbocycles. The molecule has 7 aromatic carbocycles. The van der Waals surface area contributed by atoms with Gasteiger partial charge in [-0.15, -0.1) is 9.13 Å². The molecular formula is C54H43N3OSi+2. The molecule has 5 heterocycles. The van der Waals surface area contributed by atoms with Gasteiger partial charge < -0.3 is 4.42 Å². The third kappa shape index (κ3) is 4.59. The maximum atomic E-state index is 7.12. The zero-order valence-corrected chi connectivity index (χ0v) is 34.9. The summed E-state index contributed by atoms with van der Waals surface area (Å²) in [6.07, 6.45) is 2.53. The predicted molar refractivity (Wildman–Crippen MR) is 243 cm³/mol. The van der Waals surface area contributed by atoms with Gasteiger partial charge >= 0.3 is 11.5 Å². The topological polar surface area (TPSA) is 25.8 Å². The number of pyridine rings is 1. The first-order valence-electron chi connectivity index (χ1n) is 20.7. The van der Waals surface area contributed by atoms with Crippen LogP contribution in [0.25, 0.3) is 83.6 Å². The highest BCUT2D eigenvalue weighted by Crippen LogP contribution is 2.53. The van der Waals surface area contributed by atoms with Gasteiger partial charge in [-0.3, -0.25) is 0 Å². The van der Waals surface area contributed by atoms with Crippen LogP contribution >= 0.6 is 0 Å². The Labute approximate surface area is 344 Å². The normalized spacial score (nSPS) is 15.3. The van der Waals surface area contributed by atoms with Crippen LogP contribution in [0, 0.1) is 13.8 Å². The summed E-state index contributed by atoms with van der Waals surface area (Å²) in [7, 11) is -1.79. The highest BCUT2D eigenvalue weighted by atomic mass is 28.3. The summed E-state index contributed by atoms with van der Waals surface area (Å²) < 4.78 is 15.0. The van der Waals surface area contributed by atoms with E-state index in [4.69, 9.17) is 4.42 Å². The van der Waals surface area contributed by atoms with Crippen LogP contribution in [0.1, 0.15) is 22.3 Å². The van der Waals surface area contributed by atoms with E-state index in [2.05, 4.69) is 217 Å². The van der Waals surface area contributed by atoms with Crippen LogP contribution in [0.3, 0.4) is 0 Å². The second kappa shape index (κ2) is 12.1. The second-order valence-electron chi connectivity index (χ2n) is 17.5. The van der Waals surface area contributed by atoms with Crippen molar-refractivity contribution in [1.29, 1.82) is 0 Å². The first-order valence-corrected chi connectivity index (χ1v) is 24.2. The standard InChI is InChI=1S/C54H43N3OSi/c1-34-24-26-42-44(30-34)54(55-33-50(59(3,4)5)35(2)31-47(42)55)43-29-28-41-40-20-12-15-23-49(40)58-52(41)51(43)53-56(45-21-13-14-22-46(45)57(53)54)48-32-38(36-16-8-6-9-17-36)25-27-39(48)37-18-10-7-11-19-37/h6-33H,1-5H3/q+2. The van der Waals surface area contributed by atoms with Crippen molar-refractivity contribution in [3.8, 4) is 50.6 Å². The molecule has 5 heteroatoms. The molecule has 0 radical (unpaired) electrons. The number of aryl methyl sites for hydroxylation is 2. The third-order valence-corrected chi connectivity index (χ3v) is 15.1. The molecule has 0 amide bonds. The molecule has 0 saturated heterocycles. The van der Waals surface area contributed by atoms with Gasteiger partial charge in [0.1, 0.15) is 16.8 Å². The molecule has 1 atom stereocenters. The molecule has 0 N–H and O–H groups in total. The molecular weight excluding hydrogens is 735 g/mol. The average Bonchev–Trinajstić information content (AvgIpc) is 3.96. The van der Waals surface area contributed by atoms with E-state index in [1.165, 1.54) is 61.0 Å². The maximum Gasteiger partial charge on any atom is 0.364 e. The van der Waals surface area contributed by atoms with Gasteiger partial charge in [0.25, 0.3) is 0 Å². The van der Waals surface area contributed by atoms with E-state index in [0.717, 1.165) is 50.0 Å². The minimum Gasteiger partial charge on any atom is -0.455 e. The molecule has 10 aromatic rings. The van der Waals surface area contributed by atoms with Crippen molar-refractivity contribution in [1.82, 2.24) is 4.57 Å². The predicted octanol–water partition coefficient (Wildman–Crippen LogP) is 11.9. The van der Waals surface area contributed by atoms with Crippen LogP contribution in [0.15, 0.2) is 174 Å². The van der Waals surface area contributed by atoms with E-state index in [1.54, 1.807) is 0 Å². The lowest BCUT2D eigenvalue weighted by atomic mass is 9.88. The van der Waals surface area contributed by atoms with Crippen molar-refractivity contribution in [3.05, 3.63) is 192 Å². The van der Waals surface area contributed by atoms with Gasteiger partial charge in [-0.25, -0.2) is 0 Å². The smallest absolute Gasteiger partial charge is 0.364 e. The second-order valence-corrected chi connectivity index (χ2v) is 22.5. The van der Waals surface area contributed by atoms with Crippen molar-refractivity contribution >= 4 is 46.2 Å². The molecule has 3 aromatic heterocycles. The van der Waals surface area contributed by atoms with Crippen LogP contribution in [-0.4, -0.2) is 12.6 Å². The van der Waals surface area contributed by atoms with Crippen LogP contribution < -0.4 is 14.3 Å². The van der Waals surface area contributed by atoms with E-state index < -0.39 is 13.7 Å². The molecule has 59 heavy (non-hydrogen) atoms. The van der Waals surface area contributed by atoms with Crippen LogP contribution in [0.5, 0.6) is 0 Å². The number of hydrogen-bond acceptors (Lipinski definition) is 1. The average molecular weight is 778 g/mol. The van der Waals surface area contributed by atoms with Gasteiger partial charge in [-0.1, -0.05) is 128 Å². The van der Waals surface area contributed by atoms with Crippen LogP contribution in [-0.2, 0) is 5.66 Å². The molecule has 2 aliphatic heterocycles. The van der Waals surface area contributed by atoms with Crippen molar-refractivity contribution in [2.75, 3.05) is 0 Å². The van der Waals surface area contributed by atoms with Crippen LogP contribution in [0.4, 0.5) is 0 Å². The van der Waals surface area contributed by atoms with Gasteiger partial charge in [0.2, 0.25) is 5.69 Å². The Morgan fingerprint density at radius 3 is 2.10 bits per heavy atom. The Bertz CT molecular complexity index is 3390. The van der Waals surface area contributed by atoms with Gasteiger partial charge in [-0.2, -0.15) is 4.57 Å². The number of hydrogen-bond donors (Lipinski definition) is 0. The summed E-state index contributed by atoms with van der Waals surface area (Å²) in [4.78, 5) is 0. The van der Waals surface area contributed by atoms with Crippen LogP contribution in [0.2, 0.25) is 19.6 Å². The first-order chi connectivity index (χ1) is 28.7. The minimum absolute atomic E-state index is 0.745. The summed E-state index contributed by atoms with van der Waals surface area (Å²) in [6, 6.07) is 60.4. The lowest BCUT2D eigenvalue weighted by Crippen LogP contribution is -2.72. The van der Waals surface area contributed by atoms with Crippen molar-refractivity contribution in [3.63, 3.8) is 0 Å². The zero-order valence-electron chi connectivity index (χ0n) is 33.9. The number of furan rings is 1. The number of para-hydroxylation sites is 3. The zero-order chi connectivity index (χ0) is 39.8. The Balaban J connectivity index is 1.32. The summed E-state index contributed by atoms with van der Waals surface area (Å²) in [6.45, 7) is 11.9. The largest absolute Gasteiger partial charge is 0.455 e. The highest BCUT2D eigenvalue weighted by Gasteiger charge is 2.67. The fourth-order valence-electron chi connectivity index (χ4n) is 10.5. The number of fused-ring (bicyclic) bond motifs is 16. The molecule has 12 rings (SSSR count). The van der Waals surface area contributed by atoms with Gasteiger partial charge in [0, 0.05) is 27.6 Å². The Morgan fingerprint density at radius 1 is 0.593 bits per heavy atom. The van der Waals surface area contributed by atoms with Gasteiger partial charge in [-0.05, 0) is 90.7 Å². The molecule has 1 spiro atoms. The van der Waals surface area contributed by atoms with Crippen molar-refractivity contribution in [2.45, 2.75) is 39.2 Å². The van der Waals surface area contributed by atoms with E-state index in [9.17, 15) is 0 Å². The Hall–Kier alpha value is -6.82. The summed E-state index contributed by atoms with van der Waals surface area (Å²) in [5, 5.41) is 3.72. The quantitative estimate of drug-likeness (QED) is 0.129. The SMILES string of the molecule is Cc1ccc2c(c1)C1(c3ccc4c(oc5ccccc54)c3-c3n(-c4cc(-c5ccccc5)ccc4-c4ccccc4)c4ccccc4[n+]31)[n+]1cc([Si](C)(C)C)c(C)cc1-2. The van der Waals surface area contributed by atoms with E-state index in [-0.39, 0.29) is 0 Å². The number of aromatic nitrogens is 3. The Morgan fingerprint density at radius 2 is 1.31 bits per heavy atom. The number of benzene rings is 7. The summed E-state index contributed by atoms with van der Waals surface area (Å²) in [5.41, 5.74) is 17.9. The van der Waals surface area contributed by atoms with Gasteiger partial charge in [0.05, 0.1) is 24.8 Å². The third-order valence-electron chi connectivity index (χ3n) is 13.0. The van der Waals surface area contributed by atoms with E-state index in [1.807, 2.05) is 0 Å². The highest BCUT2D eigenvalue weighted by molar-refractivity contribution is 6.88. The fraction of sp³-hybridized carbons (Fsp3) is 0.111. The number of nitrogens with zero attached hydrogens (tertiary/aromatic N) is 3. The maximum absolute atomic E-state index is 7.12. The molecule has 2 aliphatic rings. The summed E-state index contributed by atoms with van der Waals surface area (Å²) >= 11 is 0. The van der Waals surface area contributed by atoms with Crippen molar-refractivity contribution in [2.24, 2.45) is 0 Å². The molecule has 4 nitrogen and oxygen atoms in total. The van der Waals surface area contributed by atoms with Crippen molar-refractivity contribution < 1.29 is 13.6 Å².